The molecule has 242 valence electrons. The molecule has 0 aromatic heterocycles. The highest BCUT2D eigenvalue weighted by molar-refractivity contribution is 5.65. The molecule has 0 saturated carbocycles. The quantitative estimate of drug-likeness (QED) is 0.120. The maximum atomic E-state index is 12.1. The smallest absolute Gasteiger partial charge is 0.302 e. The number of hydrogen-bond acceptors (Lipinski definition) is 8. The van der Waals surface area contributed by atoms with Gasteiger partial charge in [-0.3, -0.25) is 4.79 Å². The number of ether oxygens (including phenoxy) is 7. The predicted octanol–water partition coefficient (Wildman–Crippen LogP) is 6.26. The molecule has 0 amide bonds. The van der Waals surface area contributed by atoms with Gasteiger partial charge in [0.05, 0.1) is 39.6 Å². The van der Waals surface area contributed by atoms with Gasteiger partial charge in [-0.1, -0.05) is 121 Å². The minimum absolute atomic E-state index is 0.0510. The Morgan fingerprint density at radius 3 is 1.41 bits per heavy atom. The second-order valence-corrected chi connectivity index (χ2v) is 11.0. The van der Waals surface area contributed by atoms with Gasteiger partial charge in [-0.05, 0) is 22.3 Å². The molecule has 46 heavy (non-hydrogen) atoms. The summed E-state index contributed by atoms with van der Waals surface area (Å²) in [7, 11) is 0. The summed E-state index contributed by atoms with van der Waals surface area (Å²) in [5.74, 6) is -0.420. The first-order valence-corrected chi connectivity index (χ1v) is 15.6. The molecule has 0 N–H and O–H groups in total. The van der Waals surface area contributed by atoms with Crippen LogP contribution in [0.3, 0.4) is 0 Å². The lowest BCUT2D eigenvalue weighted by atomic mass is 10.0. The fraction of sp³-hybridized carbons (Fsp3) is 0.342. The van der Waals surface area contributed by atoms with E-state index in [1.807, 2.05) is 121 Å². The standard InChI is InChI=1S/C38H42O8/c1-29(39)42-28-34(43-24-30-14-6-2-7-15-30)35(44-25-31-16-8-3-9-17-31)36(45-26-32-18-10-4-11-19-32)37(38-40-22-23-41-38)46-27-33-20-12-5-13-21-33/h2-21,34-38H,22-28H2,1H3/t34-,35+,36+,37+/m0/s1. The third-order valence-corrected chi connectivity index (χ3v) is 7.54. The zero-order valence-corrected chi connectivity index (χ0v) is 26.1. The molecule has 1 saturated heterocycles. The van der Waals surface area contributed by atoms with Crippen LogP contribution < -0.4 is 0 Å². The number of carbonyl (C=O) groups is 1. The highest BCUT2D eigenvalue weighted by atomic mass is 16.7. The third-order valence-electron chi connectivity index (χ3n) is 7.54. The lowest BCUT2D eigenvalue weighted by Crippen LogP contribution is -2.54. The summed E-state index contributed by atoms with van der Waals surface area (Å²) < 4.78 is 44.3. The summed E-state index contributed by atoms with van der Waals surface area (Å²) in [5, 5.41) is 0. The van der Waals surface area contributed by atoms with Crippen LogP contribution in [0.1, 0.15) is 29.2 Å². The molecule has 1 fully saturated rings. The number of esters is 1. The van der Waals surface area contributed by atoms with E-state index in [1.54, 1.807) is 0 Å². The Morgan fingerprint density at radius 1 is 0.587 bits per heavy atom. The molecule has 0 spiro atoms. The molecule has 0 bridgehead atoms. The van der Waals surface area contributed by atoms with Crippen LogP contribution in [-0.2, 0) is 64.4 Å². The van der Waals surface area contributed by atoms with Crippen molar-refractivity contribution in [3.05, 3.63) is 144 Å². The van der Waals surface area contributed by atoms with Gasteiger partial charge in [-0.25, -0.2) is 0 Å². The van der Waals surface area contributed by atoms with Crippen LogP contribution in [0.2, 0.25) is 0 Å². The van der Waals surface area contributed by atoms with E-state index < -0.39 is 36.7 Å². The fourth-order valence-corrected chi connectivity index (χ4v) is 5.20. The van der Waals surface area contributed by atoms with Crippen molar-refractivity contribution in [1.29, 1.82) is 0 Å². The molecular weight excluding hydrogens is 584 g/mol. The van der Waals surface area contributed by atoms with Crippen LogP contribution >= 0.6 is 0 Å². The molecule has 0 aliphatic carbocycles. The van der Waals surface area contributed by atoms with E-state index in [1.165, 1.54) is 6.92 Å². The minimum atomic E-state index is -0.763. The lowest BCUT2D eigenvalue weighted by Gasteiger charge is -2.38. The largest absolute Gasteiger partial charge is 0.463 e. The Bertz CT molecular complexity index is 1400. The first kappa shape index (κ1) is 33.5. The number of rotatable bonds is 18. The molecule has 4 aromatic rings. The monoisotopic (exact) mass is 626 g/mol. The lowest BCUT2D eigenvalue weighted by molar-refractivity contribution is -0.241. The van der Waals surface area contributed by atoms with Gasteiger partial charge in [-0.2, -0.15) is 0 Å². The summed E-state index contributed by atoms with van der Waals surface area (Å²) >= 11 is 0. The first-order chi connectivity index (χ1) is 22.7. The van der Waals surface area contributed by atoms with Crippen molar-refractivity contribution < 1.29 is 38.0 Å². The maximum Gasteiger partial charge on any atom is 0.302 e. The highest BCUT2D eigenvalue weighted by Gasteiger charge is 2.44. The van der Waals surface area contributed by atoms with Crippen molar-refractivity contribution in [2.45, 2.75) is 64.1 Å². The minimum Gasteiger partial charge on any atom is -0.463 e. The summed E-state index contributed by atoms with van der Waals surface area (Å²) in [6, 6.07) is 39.5. The average Bonchev–Trinajstić information content (AvgIpc) is 3.64. The van der Waals surface area contributed by atoms with E-state index in [-0.39, 0.29) is 26.4 Å². The fourth-order valence-electron chi connectivity index (χ4n) is 5.20. The van der Waals surface area contributed by atoms with E-state index in [9.17, 15) is 4.79 Å². The van der Waals surface area contributed by atoms with Crippen LogP contribution in [0.25, 0.3) is 0 Å². The van der Waals surface area contributed by atoms with E-state index in [0.29, 0.717) is 19.8 Å². The van der Waals surface area contributed by atoms with E-state index in [2.05, 4.69) is 0 Å². The van der Waals surface area contributed by atoms with Crippen LogP contribution in [0.4, 0.5) is 0 Å². The number of hydrogen-bond donors (Lipinski definition) is 0. The van der Waals surface area contributed by atoms with Crippen molar-refractivity contribution >= 4 is 5.97 Å². The summed E-state index contributed by atoms with van der Waals surface area (Å²) in [6.07, 6.45) is -3.67. The summed E-state index contributed by atoms with van der Waals surface area (Å²) in [6.45, 7) is 3.29. The van der Waals surface area contributed by atoms with Gasteiger partial charge in [0.1, 0.15) is 31.0 Å². The van der Waals surface area contributed by atoms with Crippen molar-refractivity contribution in [2.24, 2.45) is 0 Å². The molecule has 1 aliphatic heterocycles. The highest BCUT2D eigenvalue weighted by Crippen LogP contribution is 2.28. The Labute approximate surface area is 271 Å². The third kappa shape index (κ3) is 10.6. The Balaban J connectivity index is 1.50. The zero-order valence-electron chi connectivity index (χ0n) is 26.1. The zero-order chi connectivity index (χ0) is 31.8. The van der Waals surface area contributed by atoms with Crippen molar-refractivity contribution in [2.75, 3.05) is 19.8 Å². The van der Waals surface area contributed by atoms with Crippen LogP contribution in [0.15, 0.2) is 121 Å². The molecule has 1 heterocycles. The van der Waals surface area contributed by atoms with E-state index >= 15 is 0 Å². The van der Waals surface area contributed by atoms with Gasteiger partial charge in [0.2, 0.25) is 0 Å². The van der Waals surface area contributed by atoms with Crippen LogP contribution in [-0.4, -0.2) is 56.5 Å². The summed E-state index contributed by atoms with van der Waals surface area (Å²) in [4.78, 5) is 12.1. The Hall–Kier alpha value is -3.89. The van der Waals surface area contributed by atoms with E-state index in [0.717, 1.165) is 22.3 Å². The SMILES string of the molecule is CC(=O)OC[C@H](OCc1ccccc1)[C@@H](OCc1ccccc1)[C@@H](OCc1ccccc1)[C@@H](OCc1ccccc1)C1OCCO1. The molecule has 0 radical (unpaired) electrons. The van der Waals surface area contributed by atoms with Gasteiger partial charge in [0.15, 0.2) is 6.29 Å². The average molecular weight is 627 g/mol. The van der Waals surface area contributed by atoms with Gasteiger partial charge < -0.3 is 33.2 Å². The van der Waals surface area contributed by atoms with Gasteiger partial charge in [0, 0.05) is 6.92 Å². The molecule has 4 aromatic carbocycles. The van der Waals surface area contributed by atoms with Gasteiger partial charge in [-0.15, -0.1) is 0 Å². The Kier molecular flexibility index (Phi) is 13.3. The summed E-state index contributed by atoms with van der Waals surface area (Å²) in [5.41, 5.74) is 3.91. The van der Waals surface area contributed by atoms with Gasteiger partial charge >= 0.3 is 5.97 Å². The molecule has 1 aliphatic rings. The normalized spacial score (nSPS) is 16.0. The number of benzene rings is 4. The second-order valence-electron chi connectivity index (χ2n) is 11.0. The van der Waals surface area contributed by atoms with Crippen LogP contribution in [0.5, 0.6) is 0 Å². The molecule has 4 atom stereocenters. The predicted molar refractivity (Wildman–Crippen MR) is 172 cm³/mol. The van der Waals surface area contributed by atoms with Gasteiger partial charge in [0.25, 0.3) is 0 Å². The topological polar surface area (TPSA) is 81.7 Å². The van der Waals surface area contributed by atoms with Crippen LogP contribution in [0, 0.1) is 0 Å². The van der Waals surface area contributed by atoms with Crippen molar-refractivity contribution in [3.8, 4) is 0 Å². The van der Waals surface area contributed by atoms with Crippen molar-refractivity contribution in [1.82, 2.24) is 0 Å². The van der Waals surface area contributed by atoms with E-state index in [4.69, 9.17) is 33.2 Å². The maximum absolute atomic E-state index is 12.1. The number of carbonyl (C=O) groups excluding carboxylic acids is 1. The molecule has 5 rings (SSSR count). The molecule has 8 heteroatoms. The molecule has 8 nitrogen and oxygen atoms in total. The second kappa shape index (κ2) is 18.3. The first-order valence-electron chi connectivity index (χ1n) is 15.6. The molecular formula is C38H42O8. The molecule has 0 unspecified atom stereocenters. The van der Waals surface area contributed by atoms with Crippen molar-refractivity contribution in [3.63, 3.8) is 0 Å². The Morgan fingerprint density at radius 2 is 0.978 bits per heavy atom.